The molecule has 0 aliphatic carbocycles. The second-order valence-electron chi connectivity index (χ2n) is 10.2. The molecule has 1 amide bonds. The summed E-state index contributed by atoms with van der Waals surface area (Å²) in [4.78, 5) is 11.2. The first kappa shape index (κ1) is 32.0. The van der Waals surface area contributed by atoms with E-state index in [0.717, 1.165) is 28.9 Å². The molecule has 0 saturated heterocycles. The summed E-state index contributed by atoms with van der Waals surface area (Å²) in [5.74, 6) is -2.13. The van der Waals surface area contributed by atoms with Crippen molar-refractivity contribution < 1.29 is 39.2 Å². The summed E-state index contributed by atoms with van der Waals surface area (Å²) in [6.07, 6.45) is -4.72. The fourth-order valence-electron chi connectivity index (χ4n) is 4.81. The van der Waals surface area contributed by atoms with Crippen molar-refractivity contribution in [3.63, 3.8) is 0 Å². The summed E-state index contributed by atoms with van der Waals surface area (Å²) in [5.41, 5.74) is 3.54. The number of hydrogen-bond acceptors (Lipinski definition) is 6. The number of benzene rings is 3. The monoisotopic (exact) mass is 634 g/mol. The maximum absolute atomic E-state index is 14.0. The highest BCUT2D eigenvalue weighted by Crippen LogP contribution is 2.33. The van der Waals surface area contributed by atoms with E-state index in [4.69, 9.17) is 4.42 Å². The molecule has 43 heavy (non-hydrogen) atoms. The molecule has 0 unspecified atom stereocenters. The van der Waals surface area contributed by atoms with Crippen molar-refractivity contribution in [2.75, 3.05) is 0 Å². The van der Waals surface area contributed by atoms with Crippen LogP contribution in [0.3, 0.4) is 0 Å². The van der Waals surface area contributed by atoms with Crippen LogP contribution in [-0.4, -0.2) is 27.0 Å². The number of carbonyl (C=O) groups is 1. The van der Waals surface area contributed by atoms with Gasteiger partial charge in [0, 0.05) is 13.5 Å². The molecule has 0 aliphatic heterocycles. The molecule has 0 saturated carbocycles. The van der Waals surface area contributed by atoms with Crippen molar-refractivity contribution >= 4 is 26.0 Å². The third-order valence-electron chi connectivity index (χ3n) is 6.54. The molecule has 1 N–H and O–H groups in total. The van der Waals surface area contributed by atoms with Gasteiger partial charge in [0.25, 0.3) is 10.0 Å². The molecule has 13 heteroatoms. The summed E-state index contributed by atoms with van der Waals surface area (Å²) in [7, 11) is -8.26. The first-order valence-corrected chi connectivity index (χ1v) is 15.9. The molecular formula is C30H29F3N2O6S2. The van der Waals surface area contributed by atoms with Crippen molar-refractivity contribution in [3.05, 3.63) is 107 Å². The molecule has 0 aliphatic rings. The number of carbonyl (C=O) groups excluding carboxylic acids is 1. The molecule has 4 aromatic rings. The first-order chi connectivity index (χ1) is 20.0. The Kier molecular flexibility index (Phi) is 8.91. The van der Waals surface area contributed by atoms with E-state index in [2.05, 4.69) is 0 Å². The minimum absolute atomic E-state index is 0.0644. The Morgan fingerprint density at radius 3 is 2.02 bits per heavy atom. The van der Waals surface area contributed by atoms with Crippen LogP contribution in [0.4, 0.5) is 13.2 Å². The topological polar surface area (TPSA) is 114 Å². The van der Waals surface area contributed by atoms with E-state index in [9.17, 15) is 34.8 Å². The Bertz CT molecular complexity index is 1860. The van der Waals surface area contributed by atoms with E-state index in [-0.39, 0.29) is 22.1 Å². The minimum atomic E-state index is -4.72. The molecule has 1 heterocycles. The van der Waals surface area contributed by atoms with Gasteiger partial charge in [-0.15, -0.1) is 0 Å². The Labute approximate surface area is 248 Å². The molecule has 0 atom stereocenters. The second kappa shape index (κ2) is 12.0. The van der Waals surface area contributed by atoms with E-state index in [1.807, 2.05) is 11.6 Å². The maximum Gasteiger partial charge on any atom is 0.449 e. The number of sulfonamides is 2. The Morgan fingerprint density at radius 1 is 0.837 bits per heavy atom. The number of alkyl halides is 3. The standard InChI is InChI=1S/C30H29F3N2O6S2/c1-19-14-20(2)29(21(3)15-19)43(39,40)35(18-26-12-13-28(41-26)30(31,32)33)17-23-8-10-24(11-9-23)25-6-5-7-27(16-25)42(37,38)34-22(4)36/h5-16H,17-18H2,1-4H3,(H,34,36). The Morgan fingerprint density at radius 2 is 1.47 bits per heavy atom. The largest absolute Gasteiger partial charge is 0.455 e. The number of nitrogens with zero attached hydrogens (tertiary/aromatic N) is 1. The predicted octanol–water partition coefficient (Wildman–Crippen LogP) is 6.11. The number of furan rings is 1. The third-order valence-corrected chi connectivity index (χ3v) is 10.1. The molecule has 0 spiro atoms. The zero-order valence-electron chi connectivity index (χ0n) is 23.7. The molecule has 0 bridgehead atoms. The van der Waals surface area contributed by atoms with E-state index in [1.54, 1.807) is 56.3 Å². The lowest BCUT2D eigenvalue weighted by Gasteiger charge is -2.24. The van der Waals surface area contributed by atoms with Crippen LogP contribution >= 0.6 is 0 Å². The fourth-order valence-corrected chi connectivity index (χ4v) is 7.66. The highest BCUT2D eigenvalue weighted by atomic mass is 32.2. The highest BCUT2D eigenvalue weighted by Gasteiger charge is 2.36. The van der Waals surface area contributed by atoms with Gasteiger partial charge >= 0.3 is 6.18 Å². The van der Waals surface area contributed by atoms with Gasteiger partial charge in [0.2, 0.25) is 21.7 Å². The summed E-state index contributed by atoms with van der Waals surface area (Å²) in [5, 5.41) is 0. The highest BCUT2D eigenvalue weighted by molar-refractivity contribution is 7.90. The van der Waals surface area contributed by atoms with Crippen LogP contribution in [0.25, 0.3) is 11.1 Å². The zero-order chi connectivity index (χ0) is 31.7. The lowest BCUT2D eigenvalue weighted by molar-refractivity contribution is -0.153. The number of hydrogen-bond donors (Lipinski definition) is 1. The van der Waals surface area contributed by atoms with Crippen molar-refractivity contribution in [2.24, 2.45) is 0 Å². The minimum Gasteiger partial charge on any atom is -0.455 e. The fraction of sp³-hybridized carbons (Fsp3) is 0.233. The van der Waals surface area contributed by atoms with Gasteiger partial charge in [0.1, 0.15) is 5.76 Å². The van der Waals surface area contributed by atoms with Gasteiger partial charge in [0.05, 0.1) is 16.3 Å². The van der Waals surface area contributed by atoms with E-state index < -0.39 is 44.4 Å². The molecule has 3 aromatic carbocycles. The van der Waals surface area contributed by atoms with E-state index in [1.165, 1.54) is 18.2 Å². The van der Waals surface area contributed by atoms with Gasteiger partial charge in [-0.3, -0.25) is 4.79 Å². The van der Waals surface area contributed by atoms with Crippen molar-refractivity contribution in [2.45, 2.75) is 56.8 Å². The lowest BCUT2D eigenvalue weighted by Crippen LogP contribution is -2.31. The molecular weight excluding hydrogens is 605 g/mol. The van der Waals surface area contributed by atoms with Crippen LogP contribution in [0.5, 0.6) is 0 Å². The summed E-state index contributed by atoms with van der Waals surface area (Å²) in [6, 6.07) is 17.9. The van der Waals surface area contributed by atoms with Crippen molar-refractivity contribution in [3.8, 4) is 11.1 Å². The van der Waals surface area contributed by atoms with Crippen LogP contribution in [-0.2, 0) is 44.1 Å². The van der Waals surface area contributed by atoms with E-state index >= 15 is 0 Å². The number of halogens is 3. The SMILES string of the molecule is CC(=O)NS(=O)(=O)c1cccc(-c2ccc(CN(Cc3ccc(C(F)(F)F)o3)S(=O)(=O)c3c(C)cc(C)cc3C)cc2)c1. The number of rotatable bonds is 9. The number of nitrogens with one attached hydrogen (secondary N) is 1. The van der Waals surface area contributed by atoms with Crippen LogP contribution in [0.15, 0.2) is 87.0 Å². The Balaban J connectivity index is 1.69. The Hall–Kier alpha value is -3.94. The summed E-state index contributed by atoms with van der Waals surface area (Å²) >= 11 is 0. The van der Waals surface area contributed by atoms with Gasteiger partial charge in [-0.1, -0.05) is 54.1 Å². The molecule has 0 fully saturated rings. The van der Waals surface area contributed by atoms with Crippen LogP contribution in [0, 0.1) is 20.8 Å². The molecule has 228 valence electrons. The maximum atomic E-state index is 14.0. The average Bonchev–Trinajstić information content (AvgIpc) is 3.37. The van der Waals surface area contributed by atoms with Crippen LogP contribution in [0.1, 0.15) is 40.7 Å². The normalized spacial score (nSPS) is 12.5. The summed E-state index contributed by atoms with van der Waals surface area (Å²) in [6.45, 7) is 5.61. The third kappa shape index (κ3) is 7.35. The number of aryl methyl sites for hydroxylation is 3. The quantitative estimate of drug-likeness (QED) is 0.238. The lowest BCUT2D eigenvalue weighted by atomic mass is 10.0. The smallest absolute Gasteiger partial charge is 0.449 e. The van der Waals surface area contributed by atoms with Crippen LogP contribution in [0.2, 0.25) is 0 Å². The molecule has 8 nitrogen and oxygen atoms in total. The van der Waals surface area contributed by atoms with Gasteiger partial charge in [0.15, 0.2) is 0 Å². The number of amides is 1. The zero-order valence-corrected chi connectivity index (χ0v) is 25.3. The second-order valence-corrected chi connectivity index (χ2v) is 13.7. The van der Waals surface area contributed by atoms with Gasteiger partial charge in [-0.25, -0.2) is 21.6 Å². The predicted molar refractivity (Wildman–Crippen MR) is 154 cm³/mol. The van der Waals surface area contributed by atoms with E-state index in [0.29, 0.717) is 27.8 Å². The van der Waals surface area contributed by atoms with Gasteiger partial charge < -0.3 is 4.42 Å². The molecule has 1 aromatic heterocycles. The average molecular weight is 635 g/mol. The van der Waals surface area contributed by atoms with Crippen molar-refractivity contribution in [1.29, 1.82) is 0 Å². The molecule has 0 radical (unpaired) electrons. The van der Waals surface area contributed by atoms with Crippen molar-refractivity contribution in [1.82, 2.24) is 9.03 Å². The van der Waals surface area contributed by atoms with Gasteiger partial charge in [-0.2, -0.15) is 17.5 Å². The van der Waals surface area contributed by atoms with Crippen LogP contribution < -0.4 is 4.72 Å². The molecule has 4 rings (SSSR count). The summed E-state index contributed by atoms with van der Waals surface area (Å²) < 4.78 is 100. The first-order valence-electron chi connectivity index (χ1n) is 12.9. The van der Waals surface area contributed by atoms with Gasteiger partial charge in [-0.05, 0) is 72.9 Å².